The van der Waals surface area contributed by atoms with E-state index < -0.39 is 10.0 Å². The van der Waals surface area contributed by atoms with Gasteiger partial charge in [-0.3, -0.25) is 0 Å². The first kappa shape index (κ1) is 15.5. The molecule has 6 heteroatoms. The van der Waals surface area contributed by atoms with E-state index >= 15 is 0 Å². The summed E-state index contributed by atoms with van der Waals surface area (Å²) in [6.07, 6.45) is 3.61. The minimum absolute atomic E-state index is 0.325. The average molecular weight is 373 g/mol. The smallest absolute Gasteiger partial charge is 0.241 e. The molecule has 2 aliphatic rings. The zero-order valence-corrected chi connectivity index (χ0v) is 14.5. The van der Waals surface area contributed by atoms with Gasteiger partial charge < -0.3 is 5.32 Å². The predicted octanol–water partition coefficient (Wildman–Crippen LogP) is 2.64. The Morgan fingerprint density at radius 2 is 2.05 bits per heavy atom. The van der Waals surface area contributed by atoms with Crippen molar-refractivity contribution in [1.82, 2.24) is 10.0 Å². The zero-order valence-electron chi connectivity index (χ0n) is 12.1. The number of sulfonamides is 1. The van der Waals surface area contributed by atoms with E-state index in [0.29, 0.717) is 33.8 Å². The van der Waals surface area contributed by atoms with Gasteiger partial charge in [-0.1, -0.05) is 13.0 Å². The summed E-state index contributed by atoms with van der Waals surface area (Å²) in [6, 6.07) is 6.11. The second kappa shape index (κ2) is 5.99. The van der Waals surface area contributed by atoms with Crippen LogP contribution in [0.5, 0.6) is 0 Å². The summed E-state index contributed by atoms with van der Waals surface area (Å²) in [4.78, 5) is 0.325. The van der Waals surface area contributed by atoms with Crippen molar-refractivity contribution < 1.29 is 8.42 Å². The fourth-order valence-electron chi connectivity index (χ4n) is 2.40. The number of halogens is 1. The molecule has 0 radical (unpaired) electrons. The first-order chi connectivity index (χ1) is 9.95. The standard InChI is InChI=1S/C15H21BrN2O2S/c1-10-6-12(10)9-18-21(19,20)15-5-2-11(7-14(15)16)8-17-13-3-4-13/h2,5,7,10,12-13,17-18H,3-4,6,8-9H2,1H3. The van der Waals surface area contributed by atoms with Gasteiger partial charge in [0, 0.05) is 23.6 Å². The molecule has 1 aromatic rings. The van der Waals surface area contributed by atoms with Crippen LogP contribution >= 0.6 is 15.9 Å². The summed E-state index contributed by atoms with van der Waals surface area (Å²) in [7, 11) is -3.42. The minimum Gasteiger partial charge on any atom is -0.310 e. The highest BCUT2D eigenvalue weighted by atomic mass is 79.9. The zero-order chi connectivity index (χ0) is 15.0. The number of hydrogen-bond donors (Lipinski definition) is 2. The molecular formula is C15H21BrN2O2S. The molecule has 4 nitrogen and oxygen atoms in total. The van der Waals surface area contributed by atoms with Gasteiger partial charge in [0.05, 0.1) is 4.90 Å². The summed E-state index contributed by atoms with van der Waals surface area (Å²) in [5.41, 5.74) is 1.10. The molecule has 3 rings (SSSR count). The molecule has 116 valence electrons. The Balaban J connectivity index is 1.65. The van der Waals surface area contributed by atoms with Gasteiger partial charge in [0.1, 0.15) is 0 Å². The second-order valence-corrected chi connectivity index (χ2v) is 8.83. The molecule has 0 saturated heterocycles. The van der Waals surface area contributed by atoms with Gasteiger partial charge in [-0.15, -0.1) is 0 Å². The summed E-state index contributed by atoms with van der Waals surface area (Å²) < 4.78 is 28.0. The Morgan fingerprint density at radius 3 is 2.62 bits per heavy atom. The Morgan fingerprint density at radius 1 is 1.33 bits per heavy atom. The van der Waals surface area contributed by atoms with Gasteiger partial charge >= 0.3 is 0 Å². The molecule has 2 atom stereocenters. The van der Waals surface area contributed by atoms with Crippen LogP contribution in [0.3, 0.4) is 0 Å². The third kappa shape index (κ3) is 4.06. The molecule has 2 unspecified atom stereocenters. The van der Waals surface area contributed by atoms with Crippen molar-refractivity contribution >= 4 is 26.0 Å². The molecule has 0 aromatic heterocycles. The summed E-state index contributed by atoms with van der Waals surface area (Å²) >= 11 is 3.39. The van der Waals surface area contributed by atoms with Crippen molar-refractivity contribution in [2.24, 2.45) is 11.8 Å². The van der Waals surface area contributed by atoms with E-state index in [1.807, 2.05) is 12.1 Å². The number of nitrogens with one attached hydrogen (secondary N) is 2. The first-order valence-corrected chi connectivity index (χ1v) is 9.75. The van der Waals surface area contributed by atoms with Crippen LogP contribution in [-0.4, -0.2) is 21.0 Å². The lowest BCUT2D eigenvalue weighted by atomic mass is 10.2. The van der Waals surface area contributed by atoms with Crippen molar-refractivity contribution in [3.63, 3.8) is 0 Å². The lowest BCUT2D eigenvalue weighted by Gasteiger charge is -2.10. The van der Waals surface area contributed by atoms with E-state index in [1.54, 1.807) is 6.07 Å². The molecular weight excluding hydrogens is 352 g/mol. The number of hydrogen-bond acceptors (Lipinski definition) is 3. The monoisotopic (exact) mass is 372 g/mol. The summed E-state index contributed by atoms with van der Waals surface area (Å²) in [5.74, 6) is 1.15. The van der Waals surface area contributed by atoms with Crippen LogP contribution in [0.4, 0.5) is 0 Å². The van der Waals surface area contributed by atoms with Crippen LogP contribution in [0.15, 0.2) is 27.6 Å². The van der Waals surface area contributed by atoms with Crippen molar-refractivity contribution in [3.8, 4) is 0 Å². The van der Waals surface area contributed by atoms with Crippen LogP contribution in [0.2, 0.25) is 0 Å². The highest BCUT2D eigenvalue weighted by Crippen LogP contribution is 2.37. The van der Waals surface area contributed by atoms with E-state index in [2.05, 4.69) is 32.9 Å². The molecule has 2 N–H and O–H groups in total. The lowest BCUT2D eigenvalue weighted by Crippen LogP contribution is -2.26. The van der Waals surface area contributed by atoms with Crippen molar-refractivity contribution in [3.05, 3.63) is 28.2 Å². The first-order valence-electron chi connectivity index (χ1n) is 7.47. The van der Waals surface area contributed by atoms with Crippen molar-refractivity contribution in [1.29, 1.82) is 0 Å². The largest absolute Gasteiger partial charge is 0.310 e. The molecule has 0 amide bonds. The van der Waals surface area contributed by atoms with Crippen LogP contribution in [-0.2, 0) is 16.6 Å². The quantitative estimate of drug-likeness (QED) is 0.773. The normalized spacial score (nSPS) is 25.0. The van der Waals surface area contributed by atoms with Gasteiger partial charge in [0.25, 0.3) is 0 Å². The molecule has 1 aromatic carbocycles. The Kier molecular flexibility index (Phi) is 4.41. The predicted molar refractivity (Wildman–Crippen MR) is 86.5 cm³/mol. The van der Waals surface area contributed by atoms with Gasteiger partial charge in [-0.25, -0.2) is 13.1 Å². The summed E-state index contributed by atoms with van der Waals surface area (Å²) in [5, 5.41) is 3.43. The fourth-order valence-corrected chi connectivity index (χ4v) is 4.62. The van der Waals surface area contributed by atoms with Gasteiger partial charge in [-0.05, 0) is 64.7 Å². The fraction of sp³-hybridized carbons (Fsp3) is 0.600. The Hall–Kier alpha value is -0.430. The molecule has 2 fully saturated rings. The topological polar surface area (TPSA) is 58.2 Å². The number of benzene rings is 1. The van der Waals surface area contributed by atoms with Crippen LogP contribution < -0.4 is 10.0 Å². The van der Waals surface area contributed by atoms with Crippen LogP contribution in [0.25, 0.3) is 0 Å². The van der Waals surface area contributed by atoms with Crippen molar-refractivity contribution in [2.75, 3.05) is 6.54 Å². The van der Waals surface area contributed by atoms with Crippen LogP contribution in [0, 0.1) is 11.8 Å². The number of rotatable bonds is 7. The highest BCUT2D eigenvalue weighted by molar-refractivity contribution is 9.10. The Bertz CT molecular complexity index is 629. The van der Waals surface area contributed by atoms with Gasteiger partial charge in [-0.2, -0.15) is 0 Å². The minimum atomic E-state index is -3.42. The third-order valence-corrected chi connectivity index (χ3v) is 6.67. The second-order valence-electron chi connectivity index (χ2n) is 6.24. The van der Waals surface area contributed by atoms with Gasteiger partial charge in [0.2, 0.25) is 10.0 Å². The molecule has 0 heterocycles. The maximum absolute atomic E-state index is 12.3. The third-order valence-electron chi connectivity index (χ3n) is 4.27. The van der Waals surface area contributed by atoms with Gasteiger partial charge in [0.15, 0.2) is 0 Å². The molecule has 2 saturated carbocycles. The van der Waals surface area contributed by atoms with Crippen LogP contribution in [0.1, 0.15) is 31.7 Å². The highest BCUT2D eigenvalue weighted by Gasteiger charge is 2.33. The van der Waals surface area contributed by atoms with Crippen molar-refractivity contribution in [2.45, 2.75) is 43.7 Å². The van der Waals surface area contributed by atoms with E-state index in [1.165, 1.54) is 12.8 Å². The molecule has 2 aliphatic carbocycles. The molecule has 0 bridgehead atoms. The molecule has 0 spiro atoms. The van der Waals surface area contributed by atoms with E-state index in [4.69, 9.17) is 0 Å². The van der Waals surface area contributed by atoms with E-state index in [0.717, 1.165) is 18.5 Å². The maximum Gasteiger partial charge on any atom is 0.241 e. The Labute approximate surface area is 134 Å². The molecule has 21 heavy (non-hydrogen) atoms. The van der Waals surface area contributed by atoms with E-state index in [9.17, 15) is 8.42 Å². The SMILES string of the molecule is CC1CC1CNS(=O)(=O)c1ccc(CNC2CC2)cc1Br. The summed E-state index contributed by atoms with van der Waals surface area (Å²) in [6.45, 7) is 3.48. The van der Waals surface area contributed by atoms with E-state index in [-0.39, 0.29) is 0 Å². The lowest BCUT2D eigenvalue weighted by molar-refractivity contribution is 0.574. The maximum atomic E-state index is 12.3. The molecule has 0 aliphatic heterocycles. The average Bonchev–Trinajstić information content (AvgIpc) is 3.32.